The maximum Gasteiger partial charge on any atom is 0.251 e. The molecule has 0 bridgehead atoms. The summed E-state index contributed by atoms with van der Waals surface area (Å²) in [5.74, 6) is 1.74. The number of anilines is 1. The Balaban J connectivity index is 1.45. The fourth-order valence-electron chi connectivity index (χ4n) is 3.34. The molecule has 0 unspecified atom stereocenters. The highest BCUT2D eigenvalue weighted by Gasteiger charge is 2.22. The van der Waals surface area contributed by atoms with Crippen molar-refractivity contribution in [2.24, 2.45) is 0 Å². The van der Waals surface area contributed by atoms with Gasteiger partial charge in [-0.2, -0.15) is 0 Å². The molecule has 2 amide bonds. The van der Waals surface area contributed by atoms with Crippen molar-refractivity contribution in [3.8, 4) is 0 Å². The molecule has 7 nitrogen and oxygen atoms in total. The molecule has 1 aromatic carbocycles. The van der Waals surface area contributed by atoms with Crippen LogP contribution in [0.2, 0.25) is 0 Å². The molecule has 0 spiro atoms. The van der Waals surface area contributed by atoms with Gasteiger partial charge in [-0.3, -0.25) is 9.59 Å². The summed E-state index contributed by atoms with van der Waals surface area (Å²) in [6.45, 7) is 1.99. The number of nitrogens with one attached hydrogen (secondary N) is 1. The number of hydrogen-bond donors (Lipinski definition) is 1. The van der Waals surface area contributed by atoms with Gasteiger partial charge in [0.15, 0.2) is 5.82 Å². The molecular weight excluding hydrogens is 306 g/mol. The average molecular weight is 325 g/mol. The second kappa shape index (κ2) is 6.07. The van der Waals surface area contributed by atoms with E-state index in [0.717, 1.165) is 49.7 Å². The number of aryl methyl sites for hydroxylation is 1. The van der Waals surface area contributed by atoms with Crippen molar-refractivity contribution < 1.29 is 9.59 Å². The smallest absolute Gasteiger partial charge is 0.251 e. The van der Waals surface area contributed by atoms with Gasteiger partial charge in [0.25, 0.3) is 5.91 Å². The lowest BCUT2D eigenvalue weighted by Crippen LogP contribution is -2.26. The van der Waals surface area contributed by atoms with E-state index in [1.165, 1.54) is 0 Å². The van der Waals surface area contributed by atoms with Gasteiger partial charge in [0, 0.05) is 37.2 Å². The molecule has 1 aromatic heterocycles. The van der Waals surface area contributed by atoms with Crippen LogP contribution >= 0.6 is 0 Å². The molecular formula is C17H19N5O2. The lowest BCUT2D eigenvalue weighted by atomic mass is 10.1. The zero-order chi connectivity index (χ0) is 16.5. The number of carbonyl (C=O) groups is 2. The molecule has 0 aliphatic carbocycles. The molecule has 0 saturated carbocycles. The Hall–Kier alpha value is -2.70. The Labute approximate surface area is 139 Å². The van der Waals surface area contributed by atoms with Crippen LogP contribution < -0.4 is 10.2 Å². The van der Waals surface area contributed by atoms with Gasteiger partial charge in [0.1, 0.15) is 5.82 Å². The van der Waals surface area contributed by atoms with E-state index in [2.05, 4.69) is 20.1 Å². The summed E-state index contributed by atoms with van der Waals surface area (Å²) in [6, 6.07) is 7.20. The minimum atomic E-state index is -0.168. The fraction of sp³-hybridized carbons (Fsp3) is 0.412. The quantitative estimate of drug-likeness (QED) is 0.918. The average Bonchev–Trinajstić information content (AvgIpc) is 3.30. The van der Waals surface area contributed by atoms with E-state index in [1.807, 2.05) is 12.1 Å². The number of benzene rings is 1. The van der Waals surface area contributed by atoms with Crippen LogP contribution in [0.25, 0.3) is 0 Å². The van der Waals surface area contributed by atoms with Crippen LogP contribution in [0.3, 0.4) is 0 Å². The zero-order valence-electron chi connectivity index (χ0n) is 13.4. The molecule has 1 fully saturated rings. The Morgan fingerprint density at radius 3 is 2.88 bits per heavy atom. The van der Waals surface area contributed by atoms with Gasteiger partial charge in [0.05, 0.1) is 6.54 Å². The third-order valence-electron chi connectivity index (χ3n) is 4.59. The van der Waals surface area contributed by atoms with Gasteiger partial charge in [-0.15, -0.1) is 10.2 Å². The van der Waals surface area contributed by atoms with Crippen molar-refractivity contribution in [1.29, 1.82) is 0 Å². The summed E-state index contributed by atoms with van der Waals surface area (Å²) in [5.41, 5.74) is 1.34. The van der Waals surface area contributed by atoms with Crippen LogP contribution in [0.5, 0.6) is 0 Å². The summed E-state index contributed by atoms with van der Waals surface area (Å²) in [6.07, 6.45) is 3.48. The summed E-state index contributed by atoms with van der Waals surface area (Å²) in [7, 11) is 0. The highest BCUT2D eigenvalue weighted by molar-refractivity contribution is 5.99. The van der Waals surface area contributed by atoms with E-state index in [1.54, 1.807) is 17.0 Å². The molecule has 7 heteroatoms. The second-order valence-corrected chi connectivity index (χ2v) is 6.17. The van der Waals surface area contributed by atoms with E-state index in [0.29, 0.717) is 18.5 Å². The first-order chi connectivity index (χ1) is 11.7. The topological polar surface area (TPSA) is 80.1 Å². The lowest BCUT2D eigenvalue weighted by Gasteiger charge is -2.16. The van der Waals surface area contributed by atoms with Gasteiger partial charge in [0.2, 0.25) is 5.91 Å². The van der Waals surface area contributed by atoms with Gasteiger partial charge >= 0.3 is 0 Å². The van der Waals surface area contributed by atoms with Crippen molar-refractivity contribution >= 4 is 17.5 Å². The van der Waals surface area contributed by atoms with Crippen molar-refractivity contribution in [2.75, 3.05) is 11.4 Å². The molecule has 124 valence electrons. The van der Waals surface area contributed by atoms with E-state index in [9.17, 15) is 9.59 Å². The van der Waals surface area contributed by atoms with Gasteiger partial charge in [-0.25, -0.2) is 0 Å². The fourth-order valence-corrected chi connectivity index (χ4v) is 3.34. The van der Waals surface area contributed by atoms with Gasteiger partial charge in [-0.1, -0.05) is 6.07 Å². The third-order valence-corrected chi connectivity index (χ3v) is 4.59. The van der Waals surface area contributed by atoms with Crippen LogP contribution in [0, 0.1) is 0 Å². The lowest BCUT2D eigenvalue weighted by molar-refractivity contribution is -0.117. The minimum Gasteiger partial charge on any atom is -0.345 e. The maximum atomic E-state index is 12.4. The first-order valence-corrected chi connectivity index (χ1v) is 8.32. The van der Waals surface area contributed by atoms with E-state index < -0.39 is 0 Å². The Bertz CT molecular complexity index is 798. The number of fused-ring (bicyclic) bond motifs is 1. The van der Waals surface area contributed by atoms with E-state index >= 15 is 0 Å². The van der Waals surface area contributed by atoms with Crippen LogP contribution in [0.1, 0.15) is 41.3 Å². The van der Waals surface area contributed by atoms with Crippen LogP contribution in [-0.2, 0) is 24.3 Å². The normalized spacial score (nSPS) is 16.5. The molecule has 2 aromatic rings. The number of aromatic nitrogens is 3. The molecule has 2 aliphatic heterocycles. The standard InChI is InChI=1S/C17H19N5O2/c23-16-7-3-8-21(16)13-5-1-4-12(10-13)17(24)18-11-15-20-19-14-6-2-9-22(14)15/h1,4-5,10H,2-3,6-9,11H2,(H,18,24). The number of rotatable bonds is 4. The predicted octanol–water partition coefficient (Wildman–Crippen LogP) is 1.28. The maximum absolute atomic E-state index is 12.4. The zero-order valence-corrected chi connectivity index (χ0v) is 13.4. The van der Waals surface area contributed by atoms with Crippen molar-refractivity contribution in [3.05, 3.63) is 41.5 Å². The summed E-state index contributed by atoms with van der Waals surface area (Å²) in [4.78, 5) is 26.0. The van der Waals surface area contributed by atoms with Crippen molar-refractivity contribution in [3.63, 3.8) is 0 Å². The molecule has 2 aliphatic rings. The molecule has 0 atom stereocenters. The van der Waals surface area contributed by atoms with Crippen LogP contribution in [-0.4, -0.2) is 33.1 Å². The predicted molar refractivity (Wildman–Crippen MR) is 87.5 cm³/mol. The van der Waals surface area contributed by atoms with Crippen LogP contribution in [0.15, 0.2) is 24.3 Å². The minimum absolute atomic E-state index is 0.117. The van der Waals surface area contributed by atoms with Crippen molar-refractivity contribution in [1.82, 2.24) is 20.1 Å². The largest absolute Gasteiger partial charge is 0.345 e. The SMILES string of the molecule is O=C(NCc1nnc2n1CCC2)c1cccc(N2CCCC2=O)c1. The number of hydrogen-bond acceptors (Lipinski definition) is 4. The molecule has 1 N–H and O–H groups in total. The third kappa shape index (κ3) is 2.66. The Morgan fingerprint density at radius 1 is 1.17 bits per heavy atom. The highest BCUT2D eigenvalue weighted by Crippen LogP contribution is 2.22. The summed E-state index contributed by atoms with van der Waals surface area (Å²) in [5, 5.41) is 11.2. The molecule has 0 radical (unpaired) electrons. The second-order valence-electron chi connectivity index (χ2n) is 6.17. The first kappa shape index (κ1) is 14.9. The summed E-state index contributed by atoms with van der Waals surface area (Å²) < 4.78 is 2.07. The molecule has 24 heavy (non-hydrogen) atoms. The number of nitrogens with zero attached hydrogens (tertiary/aromatic N) is 4. The Morgan fingerprint density at radius 2 is 2.04 bits per heavy atom. The Kier molecular flexibility index (Phi) is 3.76. The van der Waals surface area contributed by atoms with E-state index in [4.69, 9.17) is 0 Å². The van der Waals surface area contributed by atoms with Crippen LogP contribution in [0.4, 0.5) is 5.69 Å². The number of amides is 2. The van der Waals surface area contributed by atoms with Gasteiger partial charge in [-0.05, 0) is 31.0 Å². The molecule has 3 heterocycles. The molecule has 4 rings (SSSR count). The van der Waals surface area contributed by atoms with Crippen molar-refractivity contribution in [2.45, 2.75) is 38.8 Å². The molecule has 1 saturated heterocycles. The monoisotopic (exact) mass is 325 g/mol. The van der Waals surface area contributed by atoms with E-state index in [-0.39, 0.29) is 11.8 Å². The summed E-state index contributed by atoms with van der Waals surface area (Å²) >= 11 is 0. The van der Waals surface area contributed by atoms with Gasteiger partial charge < -0.3 is 14.8 Å². The number of carbonyl (C=O) groups excluding carboxylic acids is 2. The highest BCUT2D eigenvalue weighted by atomic mass is 16.2. The first-order valence-electron chi connectivity index (χ1n) is 8.32.